The van der Waals surface area contributed by atoms with Gasteiger partial charge in [-0.1, -0.05) is 28.1 Å². The minimum atomic E-state index is 0.623. The molecule has 0 radical (unpaired) electrons. The molecule has 112 valence electrons. The van der Waals surface area contributed by atoms with E-state index in [1.54, 1.807) is 7.11 Å². The van der Waals surface area contributed by atoms with Crippen LogP contribution in [-0.4, -0.2) is 13.7 Å². The quantitative estimate of drug-likeness (QED) is 0.814. The molecule has 21 heavy (non-hydrogen) atoms. The van der Waals surface area contributed by atoms with E-state index >= 15 is 0 Å². The van der Waals surface area contributed by atoms with E-state index in [1.807, 2.05) is 25.1 Å². The molecule has 0 aliphatic carbocycles. The van der Waals surface area contributed by atoms with Crippen molar-refractivity contribution in [2.75, 3.05) is 19.0 Å². The molecule has 0 bridgehead atoms. The van der Waals surface area contributed by atoms with Crippen molar-refractivity contribution in [2.45, 2.75) is 20.4 Å². The molecule has 0 spiro atoms. The Morgan fingerprint density at radius 2 is 1.90 bits per heavy atom. The Labute approximate surface area is 134 Å². The van der Waals surface area contributed by atoms with E-state index in [0.717, 1.165) is 33.8 Å². The summed E-state index contributed by atoms with van der Waals surface area (Å²) in [4.78, 5) is 0. The number of hydrogen-bond acceptors (Lipinski definition) is 3. The number of rotatable bonds is 6. The Balaban J connectivity index is 2.08. The van der Waals surface area contributed by atoms with Crippen LogP contribution in [0.3, 0.4) is 0 Å². The number of anilines is 1. The summed E-state index contributed by atoms with van der Waals surface area (Å²) < 4.78 is 12.0. The zero-order valence-corrected chi connectivity index (χ0v) is 14.2. The van der Waals surface area contributed by atoms with E-state index in [2.05, 4.69) is 46.4 Å². The Morgan fingerprint density at radius 3 is 2.57 bits per heavy atom. The summed E-state index contributed by atoms with van der Waals surface area (Å²) in [6.45, 7) is 5.40. The van der Waals surface area contributed by atoms with Gasteiger partial charge in [0, 0.05) is 16.7 Å². The van der Waals surface area contributed by atoms with Crippen LogP contribution in [0.25, 0.3) is 0 Å². The summed E-state index contributed by atoms with van der Waals surface area (Å²) in [6, 6.07) is 12.2. The lowest BCUT2D eigenvalue weighted by atomic mass is 10.2. The first-order valence-electron chi connectivity index (χ1n) is 6.93. The fraction of sp³-hybridized carbons (Fsp3) is 0.294. The van der Waals surface area contributed by atoms with E-state index in [1.165, 1.54) is 5.56 Å². The van der Waals surface area contributed by atoms with Crippen molar-refractivity contribution in [1.29, 1.82) is 0 Å². The maximum atomic E-state index is 5.60. The maximum Gasteiger partial charge on any atom is 0.161 e. The molecule has 0 saturated heterocycles. The zero-order chi connectivity index (χ0) is 15.2. The Morgan fingerprint density at radius 1 is 1.10 bits per heavy atom. The van der Waals surface area contributed by atoms with Crippen molar-refractivity contribution in [3.8, 4) is 11.5 Å². The van der Waals surface area contributed by atoms with Crippen LogP contribution < -0.4 is 14.8 Å². The molecule has 0 atom stereocenters. The largest absolute Gasteiger partial charge is 0.493 e. The van der Waals surface area contributed by atoms with E-state index in [4.69, 9.17) is 9.47 Å². The molecule has 2 aromatic rings. The molecule has 0 aliphatic rings. The first-order chi connectivity index (χ1) is 10.1. The number of hydrogen-bond donors (Lipinski definition) is 1. The third-order valence-corrected chi connectivity index (χ3v) is 4.05. The third kappa shape index (κ3) is 4.14. The average Bonchev–Trinajstić information content (AvgIpc) is 2.49. The highest BCUT2D eigenvalue weighted by molar-refractivity contribution is 9.10. The normalized spacial score (nSPS) is 10.3. The van der Waals surface area contributed by atoms with Crippen LogP contribution in [0.15, 0.2) is 40.9 Å². The van der Waals surface area contributed by atoms with Gasteiger partial charge in [-0.3, -0.25) is 0 Å². The lowest BCUT2D eigenvalue weighted by Crippen LogP contribution is -2.01. The van der Waals surface area contributed by atoms with Crippen LogP contribution in [0.5, 0.6) is 11.5 Å². The lowest BCUT2D eigenvalue weighted by Gasteiger charge is -2.12. The number of methoxy groups -OCH3 is 1. The van der Waals surface area contributed by atoms with Crippen molar-refractivity contribution >= 4 is 21.6 Å². The second-order valence-electron chi connectivity index (χ2n) is 4.74. The number of benzene rings is 2. The summed E-state index contributed by atoms with van der Waals surface area (Å²) in [5.74, 6) is 1.54. The molecule has 0 fully saturated rings. The second kappa shape index (κ2) is 7.36. The molecule has 0 amide bonds. The SMILES string of the molecule is CCOc1cc(CNc2ccc(C)c(Br)c2)ccc1OC. The molecule has 1 N–H and O–H groups in total. The van der Waals surface area contributed by atoms with Gasteiger partial charge >= 0.3 is 0 Å². The van der Waals surface area contributed by atoms with Crippen LogP contribution in [0.1, 0.15) is 18.1 Å². The summed E-state index contributed by atoms with van der Waals surface area (Å²) >= 11 is 3.55. The second-order valence-corrected chi connectivity index (χ2v) is 5.59. The molecule has 0 aliphatic heterocycles. The van der Waals surface area contributed by atoms with Gasteiger partial charge in [0.25, 0.3) is 0 Å². The van der Waals surface area contributed by atoms with E-state index < -0.39 is 0 Å². The predicted octanol–water partition coefficient (Wildman–Crippen LogP) is 4.78. The first-order valence-corrected chi connectivity index (χ1v) is 7.73. The minimum absolute atomic E-state index is 0.623. The topological polar surface area (TPSA) is 30.5 Å². The van der Waals surface area contributed by atoms with E-state index in [0.29, 0.717) is 6.61 Å². The van der Waals surface area contributed by atoms with Gasteiger partial charge in [-0.25, -0.2) is 0 Å². The molecule has 0 saturated carbocycles. The number of ether oxygens (including phenoxy) is 2. The van der Waals surface area contributed by atoms with E-state index in [-0.39, 0.29) is 0 Å². The Kier molecular flexibility index (Phi) is 5.51. The molecule has 3 nitrogen and oxygen atoms in total. The van der Waals surface area contributed by atoms with Crippen molar-refractivity contribution in [2.24, 2.45) is 0 Å². The predicted molar refractivity (Wildman–Crippen MR) is 90.4 cm³/mol. The van der Waals surface area contributed by atoms with Gasteiger partial charge in [0.15, 0.2) is 11.5 Å². The molecular formula is C17H20BrNO2. The summed E-state index contributed by atoms with van der Waals surface area (Å²) in [6.07, 6.45) is 0. The first kappa shape index (κ1) is 15.7. The Hall–Kier alpha value is -1.68. The highest BCUT2D eigenvalue weighted by Crippen LogP contribution is 2.28. The van der Waals surface area contributed by atoms with Gasteiger partial charge in [0.1, 0.15) is 0 Å². The van der Waals surface area contributed by atoms with Crippen LogP contribution in [0.4, 0.5) is 5.69 Å². The van der Waals surface area contributed by atoms with Gasteiger partial charge in [-0.05, 0) is 49.2 Å². The highest BCUT2D eigenvalue weighted by Gasteiger charge is 2.05. The number of aryl methyl sites for hydroxylation is 1. The standard InChI is InChI=1S/C17H20BrNO2/c1-4-21-17-9-13(6-8-16(17)20-3)11-19-14-7-5-12(2)15(18)10-14/h5-10,19H,4,11H2,1-3H3. The maximum absolute atomic E-state index is 5.60. The fourth-order valence-electron chi connectivity index (χ4n) is 2.01. The van der Waals surface area contributed by atoms with Crippen molar-refractivity contribution in [3.63, 3.8) is 0 Å². The number of halogens is 1. The minimum Gasteiger partial charge on any atom is -0.493 e. The summed E-state index contributed by atoms with van der Waals surface area (Å²) in [7, 11) is 1.65. The molecular weight excluding hydrogens is 330 g/mol. The lowest BCUT2D eigenvalue weighted by molar-refractivity contribution is 0.310. The molecule has 0 unspecified atom stereocenters. The molecule has 4 heteroatoms. The monoisotopic (exact) mass is 349 g/mol. The van der Waals surface area contributed by atoms with Gasteiger partial charge in [0.05, 0.1) is 13.7 Å². The van der Waals surface area contributed by atoms with Crippen molar-refractivity contribution < 1.29 is 9.47 Å². The van der Waals surface area contributed by atoms with Crippen LogP contribution in [-0.2, 0) is 6.54 Å². The molecule has 0 aromatic heterocycles. The van der Waals surface area contributed by atoms with Crippen LogP contribution >= 0.6 is 15.9 Å². The van der Waals surface area contributed by atoms with Crippen LogP contribution in [0.2, 0.25) is 0 Å². The van der Waals surface area contributed by atoms with Crippen LogP contribution in [0, 0.1) is 6.92 Å². The summed E-state index contributed by atoms with van der Waals surface area (Å²) in [5.41, 5.74) is 3.46. The third-order valence-electron chi connectivity index (χ3n) is 3.20. The van der Waals surface area contributed by atoms with Crippen molar-refractivity contribution in [3.05, 3.63) is 52.0 Å². The van der Waals surface area contributed by atoms with Gasteiger partial charge in [-0.15, -0.1) is 0 Å². The Bertz CT molecular complexity index is 614. The zero-order valence-electron chi connectivity index (χ0n) is 12.6. The highest BCUT2D eigenvalue weighted by atomic mass is 79.9. The summed E-state index contributed by atoms with van der Waals surface area (Å²) in [5, 5.41) is 3.41. The average molecular weight is 350 g/mol. The molecule has 2 aromatic carbocycles. The molecule has 2 rings (SSSR count). The van der Waals surface area contributed by atoms with Gasteiger partial charge < -0.3 is 14.8 Å². The molecule has 0 heterocycles. The van der Waals surface area contributed by atoms with E-state index in [9.17, 15) is 0 Å². The van der Waals surface area contributed by atoms with Gasteiger partial charge in [0.2, 0.25) is 0 Å². The van der Waals surface area contributed by atoms with Gasteiger partial charge in [-0.2, -0.15) is 0 Å². The fourth-order valence-corrected chi connectivity index (χ4v) is 2.39. The van der Waals surface area contributed by atoms with Crippen molar-refractivity contribution in [1.82, 2.24) is 0 Å². The smallest absolute Gasteiger partial charge is 0.161 e. The number of nitrogens with one attached hydrogen (secondary N) is 1.